The van der Waals surface area contributed by atoms with Crippen molar-refractivity contribution in [1.29, 1.82) is 0 Å². The lowest BCUT2D eigenvalue weighted by Gasteiger charge is -2.29. The summed E-state index contributed by atoms with van der Waals surface area (Å²) in [6.07, 6.45) is 1.54. The van der Waals surface area contributed by atoms with E-state index in [4.69, 9.17) is 4.74 Å². The molecule has 1 heterocycles. The van der Waals surface area contributed by atoms with E-state index in [-0.39, 0.29) is 17.7 Å². The van der Waals surface area contributed by atoms with Crippen molar-refractivity contribution in [2.75, 3.05) is 6.54 Å². The van der Waals surface area contributed by atoms with Crippen molar-refractivity contribution < 1.29 is 19.4 Å². The second kappa shape index (κ2) is 7.43. The maximum absolute atomic E-state index is 12.5. The highest BCUT2D eigenvalue weighted by Gasteiger charge is 2.33. The van der Waals surface area contributed by atoms with Crippen molar-refractivity contribution in [3.8, 4) is 11.1 Å². The number of nitrogens with zero attached hydrogens (tertiary/aromatic N) is 1. The zero-order chi connectivity index (χ0) is 19.6. The van der Waals surface area contributed by atoms with Crippen molar-refractivity contribution in [3.63, 3.8) is 0 Å². The second-order valence-electron chi connectivity index (χ2n) is 7.80. The van der Waals surface area contributed by atoms with Gasteiger partial charge in [-0.2, -0.15) is 0 Å². The van der Waals surface area contributed by atoms with E-state index in [2.05, 4.69) is 0 Å². The molecule has 0 spiro atoms. The Kier molecular flexibility index (Phi) is 5.22. The van der Waals surface area contributed by atoms with E-state index in [1.54, 1.807) is 23.1 Å². The first-order chi connectivity index (χ1) is 12.8. The summed E-state index contributed by atoms with van der Waals surface area (Å²) in [6, 6.07) is 14.7. The van der Waals surface area contributed by atoms with Crippen molar-refractivity contribution in [3.05, 3.63) is 59.7 Å². The number of carbonyl (C=O) groups is 2. The molecular formula is C22H25NO4. The summed E-state index contributed by atoms with van der Waals surface area (Å²) in [5.41, 5.74) is 2.33. The third-order valence-electron chi connectivity index (χ3n) is 4.64. The van der Waals surface area contributed by atoms with Gasteiger partial charge >= 0.3 is 12.1 Å². The summed E-state index contributed by atoms with van der Waals surface area (Å²) in [6.45, 7) is 6.28. The Hall–Kier alpha value is -2.82. The van der Waals surface area contributed by atoms with Gasteiger partial charge in [-0.1, -0.05) is 42.5 Å². The number of likely N-dealkylation sites (tertiary alicyclic amines) is 1. The number of carbonyl (C=O) groups excluding carboxylic acids is 1. The fourth-order valence-corrected chi connectivity index (χ4v) is 3.46. The van der Waals surface area contributed by atoms with E-state index in [1.165, 1.54) is 0 Å². The Morgan fingerprint density at radius 3 is 2.37 bits per heavy atom. The van der Waals surface area contributed by atoms with Crippen LogP contribution in [0.2, 0.25) is 0 Å². The minimum absolute atomic E-state index is 0.0105. The lowest BCUT2D eigenvalue weighted by Crippen LogP contribution is -2.36. The van der Waals surface area contributed by atoms with Crippen molar-refractivity contribution >= 4 is 12.1 Å². The van der Waals surface area contributed by atoms with Gasteiger partial charge in [-0.15, -0.1) is 0 Å². The van der Waals surface area contributed by atoms with Gasteiger partial charge in [-0.05, 0) is 56.4 Å². The summed E-state index contributed by atoms with van der Waals surface area (Å²) >= 11 is 0. The molecule has 3 rings (SSSR count). The highest BCUT2D eigenvalue weighted by atomic mass is 16.6. The minimum atomic E-state index is -0.943. The zero-order valence-corrected chi connectivity index (χ0v) is 15.9. The molecule has 0 saturated carbocycles. The fraction of sp³-hybridized carbons (Fsp3) is 0.364. The summed E-state index contributed by atoms with van der Waals surface area (Å²) in [4.78, 5) is 25.7. The molecule has 0 aromatic heterocycles. The number of carboxylic acids is 1. The molecule has 0 bridgehead atoms. The Morgan fingerprint density at radius 2 is 1.74 bits per heavy atom. The van der Waals surface area contributed by atoms with Crippen LogP contribution in [0, 0.1) is 0 Å². The van der Waals surface area contributed by atoms with Crippen molar-refractivity contribution in [2.45, 2.75) is 45.3 Å². The molecule has 1 saturated heterocycles. The molecule has 1 N–H and O–H groups in total. The number of amides is 1. The average Bonchev–Trinajstić information content (AvgIpc) is 3.10. The van der Waals surface area contributed by atoms with Gasteiger partial charge in [0.25, 0.3) is 0 Å². The van der Waals surface area contributed by atoms with Gasteiger partial charge in [-0.25, -0.2) is 9.59 Å². The topological polar surface area (TPSA) is 66.8 Å². The van der Waals surface area contributed by atoms with Crippen LogP contribution in [0.25, 0.3) is 11.1 Å². The number of ether oxygens (including phenoxy) is 1. The number of carboxylic acid groups (broad SMARTS) is 1. The largest absolute Gasteiger partial charge is 0.478 e. The molecule has 1 atom stereocenters. The fourth-order valence-electron chi connectivity index (χ4n) is 3.46. The van der Waals surface area contributed by atoms with E-state index in [9.17, 15) is 14.7 Å². The van der Waals surface area contributed by atoms with Crippen LogP contribution in [0.15, 0.2) is 48.5 Å². The maximum Gasteiger partial charge on any atom is 0.410 e. The lowest BCUT2D eigenvalue weighted by atomic mass is 9.96. The molecule has 0 radical (unpaired) electrons. The molecule has 142 valence electrons. The predicted molar refractivity (Wildman–Crippen MR) is 104 cm³/mol. The number of hydrogen-bond acceptors (Lipinski definition) is 3. The van der Waals surface area contributed by atoms with Gasteiger partial charge in [0.1, 0.15) is 5.60 Å². The summed E-state index contributed by atoms with van der Waals surface area (Å²) in [5, 5.41) is 9.38. The minimum Gasteiger partial charge on any atom is -0.478 e. The van der Waals surface area contributed by atoms with Crippen LogP contribution >= 0.6 is 0 Å². The van der Waals surface area contributed by atoms with E-state index < -0.39 is 11.6 Å². The highest BCUT2D eigenvalue weighted by molar-refractivity contribution is 5.96. The summed E-state index contributed by atoms with van der Waals surface area (Å²) in [5.74, 6) is -0.943. The molecule has 1 aliphatic heterocycles. The van der Waals surface area contributed by atoms with Gasteiger partial charge in [0.2, 0.25) is 0 Å². The monoisotopic (exact) mass is 367 g/mol. The van der Waals surface area contributed by atoms with Crippen molar-refractivity contribution in [2.24, 2.45) is 0 Å². The lowest BCUT2D eigenvalue weighted by molar-refractivity contribution is 0.0224. The molecule has 1 unspecified atom stereocenters. The first kappa shape index (κ1) is 19.0. The number of hydrogen-bond donors (Lipinski definition) is 1. The van der Waals surface area contributed by atoms with E-state index in [0.717, 1.165) is 24.0 Å². The highest BCUT2D eigenvalue weighted by Crippen LogP contribution is 2.34. The predicted octanol–water partition coefficient (Wildman–Crippen LogP) is 5.12. The van der Waals surface area contributed by atoms with Gasteiger partial charge in [0.15, 0.2) is 0 Å². The third-order valence-corrected chi connectivity index (χ3v) is 4.64. The van der Waals surface area contributed by atoms with Gasteiger partial charge < -0.3 is 14.7 Å². The quantitative estimate of drug-likeness (QED) is 0.817. The molecule has 1 aliphatic rings. The van der Waals surface area contributed by atoms with Gasteiger partial charge in [0.05, 0.1) is 11.6 Å². The Morgan fingerprint density at radius 1 is 1.07 bits per heavy atom. The molecule has 0 aliphatic carbocycles. The van der Waals surface area contributed by atoms with E-state index >= 15 is 0 Å². The first-order valence-corrected chi connectivity index (χ1v) is 9.18. The molecule has 2 aromatic rings. The summed E-state index contributed by atoms with van der Waals surface area (Å²) in [7, 11) is 0. The van der Waals surface area contributed by atoms with Crippen LogP contribution in [0.1, 0.15) is 55.6 Å². The van der Waals surface area contributed by atoms with Crippen molar-refractivity contribution in [1.82, 2.24) is 4.90 Å². The van der Waals surface area contributed by atoms with Gasteiger partial charge in [0, 0.05) is 6.54 Å². The Labute approximate surface area is 159 Å². The molecule has 5 heteroatoms. The van der Waals surface area contributed by atoms with Gasteiger partial charge in [-0.3, -0.25) is 0 Å². The number of aromatic carboxylic acids is 1. The molecule has 2 aromatic carbocycles. The average molecular weight is 367 g/mol. The SMILES string of the molecule is CC(C)(C)OC(=O)N1CCCC1c1ccc(-c2ccccc2C(=O)O)cc1. The molecule has 5 nitrogen and oxygen atoms in total. The third kappa shape index (κ3) is 4.30. The van der Waals surface area contributed by atoms with Crippen LogP contribution in [0.3, 0.4) is 0 Å². The smallest absolute Gasteiger partial charge is 0.410 e. The van der Waals surface area contributed by atoms with Crippen LogP contribution in [0.5, 0.6) is 0 Å². The molecular weight excluding hydrogens is 342 g/mol. The number of rotatable bonds is 3. The first-order valence-electron chi connectivity index (χ1n) is 9.18. The Balaban J connectivity index is 1.83. The van der Waals surface area contributed by atoms with Crippen LogP contribution in [0.4, 0.5) is 4.79 Å². The van der Waals surface area contributed by atoms with Crippen LogP contribution in [-0.4, -0.2) is 34.2 Å². The molecule has 27 heavy (non-hydrogen) atoms. The normalized spacial score (nSPS) is 17.0. The zero-order valence-electron chi connectivity index (χ0n) is 15.9. The van der Waals surface area contributed by atoms with Crippen LogP contribution < -0.4 is 0 Å². The number of benzene rings is 2. The standard InChI is InChI=1S/C22H25NO4/c1-22(2,3)27-21(26)23-14-6-9-19(23)16-12-10-15(11-13-16)17-7-4-5-8-18(17)20(24)25/h4-5,7-8,10-13,19H,6,9,14H2,1-3H3,(H,24,25). The maximum atomic E-state index is 12.5. The Bertz CT molecular complexity index is 836. The molecule has 1 amide bonds. The summed E-state index contributed by atoms with van der Waals surface area (Å²) < 4.78 is 5.53. The van der Waals surface area contributed by atoms with Crippen LogP contribution in [-0.2, 0) is 4.74 Å². The molecule has 1 fully saturated rings. The second-order valence-corrected chi connectivity index (χ2v) is 7.80. The van der Waals surface area contributed by atoms with E-state index in [1.807, 2.05) is 51.1 Å². The van der Waals surface area contributed by atoms with E-state index in [0.29, 0.717) is 12.1 Å².